The number of carbonyl (C=O) groups is 1. The predicted molar refractivity (Wildman–Crippen MR) is 138 cm³/mol. The van der Waals surface area contributed by atoms with Gasteiger partial charge in [0.05, 0.1) is 33.0 Å². The number of hydrogen-bond donors (Lipinski definition) is 1. The van der Waals surface area contributed by atoms with Crippen molar-refractivity contribution in [2.45, 2.75) is 26.4 Å². The second-order valence-corrected chi connectivity index (χ2v) is 9.11. The number of ether oxygens (including phenoxy) is 4. The van der Waals surface area contributed by atoms with Crippen molar-refractivity contribution in [3.05, 3.63) is 60.7 Å². The first kappa shape index (κ1) is 26.5. The summed E-state index contributed by atoms with van der Waals surface area (Å²) in [6, 6.07) is 20.2. The van der Waals surface area contributed by atoms with E-state index in [1.54, 1.807) is 7.05 Å². The Bertz CT molecular complexity index is 1090. The zero-order chi connectivity index (χ0) is 25.3. The molecular weight excluding hydrogens is 446 g/mol. The lowest BCUT2D eigenvalue weighted by Gasteiger charge is -2.24. The Morgan fingerprint density at radius 2 is 1.40 bits per heavy atom. The maximum Gasteiger partial charge on any atom is 0.414 e. The molecule has 0 saturated heterocycles. The summed E-state index contributed by atoms with van der Waals surface area (Å²) in [6.07, 6.45) is -0.380. The molecule has 3 aromatic carbocycles. The van der Waals surface area contributed by atoms with Gasteiger partial charge in [-0.05, 0) is 73.0 Å². The molecule has 1 amide bonds. The summed E-state index contributed by atoms with van der Waals surface area (Å²) in [7, 11) is 1.72. The van der Waals surface area contributed by atoms with Crippen molar-refractivity contribution in [3.63, 3.8) is 0 Å². The van der Waals surface area contributed by atoms with E-state index in [2.05, 4.69) is 18.2 Å². The lowest BCUT2D eigenvalue weighted by atomic mass is 10.0. The van der Waals surface area contributed by atoms with Gasteiger partial charge in [-0.2, -0.15) is 0 Å². The van der Waals surface area contributed by atoms with Gasteiger partial charge in [0.1, 0.15) is 18.0 Å². The van der Waals surface area contributed by atoms with Crippen molar-refractivity contribution >= 4 is 22.6 Å². The molecular formula is C28H35NO6. The van der Waals surface area contributed by atoms with Crippen LogP contribution in [0.3, 0.4) is 0 Å². The quantitative estimate of drug-likeness (QED) is 0.376. The van der Waals surface area contributed by atoms with Gasteiger partial charge in [-0.25, -0.2) is 4.79 Å². The Kier molecular flexibility index (Phi) is 9.48. The Morgan fingerprint density at radius 3 is 2.09 bits per heavy atom. The fourth-order valence-corrected chi connectivity index (χ4v) is 3.41. The van der Waals surface area contributed by atoms with E-state index in [0.717, 1.165) is 33.3 Å². The number of carbonyl (C=O) groups excluding carboxylic acids is 1. The summed E-state index contributed by atoms with van der Waals surface area (Å²) in [5.74, 6) is 0.782. The van der Waals surface area contributed by atoms with Crippen LogP contribution in [-0.2, 0) is 14.2 Å². The minimum atomic E-state index is -0.540. The normalized spacial score (nSPS) is 11.5. The van der Waals surface area contributed by atoms with Crippen LogP contribution in [0.2, 0.25) is 0 Å². The fraction of sp³-hybridized carbons (Fsp3) is 0.393. The zero-order valence-electron chi connectivity index (χ0n) is 21.0. The van der Waals surface area contributed by atoms with Crippen LogP contribution >= 0.6 is 0 Å². The molecule has 7 nitrogen and oxygen atoms in total. The van der Waals surface area contributed by atoms with Crippen molar-refractivity contribution < 1.29 is 28.8 Å². The number of hydrogen-bond acceptors (Lipinski definition) is 6. The molecule has 0 aliphatic heterocycles. The highest BCUT2D eigenvalue weighted by atomic mass is 16.6. The van der Waals surface area contributed by atoms with Gasteiger partial charge < -0.3 is 24.1 Å². The summed E-state index contributed by atoms with van der Waals surface area (Å²) in [5.41, 5.74) is 2.43. The highest BCUT2D eigenvalue weighted by Crippen LogP contribution is 2.29. The molecule has 3 rings (SSSR count). The number of nitrogens with zero attached hydrogens (tertiary/aromatic N) is 1. The van der Waals surface area contributed by atoms with Crippen molar-refractivity contribution in [1.82, 2.24) is 0 Å². The maximum absolute atomic E-state index is 12.4. The summed E-state index contributed by atoms with van der Waals surface area (Å²) < 4.78 is 21.8. The highest BCUT2D eigenvalue weighted by molar-refractivity contribution is 5.94. The van der Waals surface area contributed by atoms with Crippen molar-refractivity contribution in [2.75, 3.05) is 51.6 Å². The molecule has 0 spiro atoms. The summed E-state index contributed by atoms with van der Waals surface area (Å²) >= 11 is 0. The molecule has 0 saturated carbocycles. The molecule has 0 aliphatic rings. The number of benzene rings is 3. The predicted octanol–water partition coefficient (Wildman–Crippen LogP) is 5.28. The summed E-state index contributed by atoms with van der Waals surface area (Å²) in [6.45, 7) is 7.78. The van der Waals surface area contributed by atoms with E-state index in [1.807, 2.05) is 63.2 Å². The van der Waals surface area contributed by atoms with E-state index in [1.165, 1.54) is 4.90 Å². The first-order valence-electron chi connectivity index (χ1n) is 11.8. The topological polar surface area (TPSA) is 77.5 Å². The second kappa shape index (κ2) is 12.5. The van der Waals surface area contributed by atoms with Crippen LogP contribution < -0.4 is 9.64 Å². The van der Waals surface area contributed by atoms with Gasteiger partial charge in [0, 0.05) is 12.7 Å². The molecule has 0 aliphatic carbocycles. The van der Waals surface area contributed by atoms with E-state index >= 15 is 0 Å². The van der Waals surface area contributed by atoms with Crippen LogP contribution in [0, 0.1) is 0 Å². The van der Waals surface area contributed by atoms with Crippen molar-refractivity contribution in [1.29, 1.82) is 0 Å². The SMILES string of the molecule is CN(C(=O)OC(C)(C)C)c1ccc2cc(-c3ccc(OCCOCCOCCO)cc3)ccc2c1. The van der Waals surface area contributed by atoms with Crippen LogP contribution in [-0.4, -0.2) is 63.5 Å². The van der Waals surface area contributed by atoms with Gasteiger partial charge in [0.2, 0.25) is 0 Å². The Hall–Kier alpha value is -3.13. The van der Waals surface area contributed by atoms with Gasteiger partial charge in [-0.1, -0.05) is 30.3 Å². The standard InChI is InChI=1S/C28H35NO6/c1-28(2,3)35-27(31)29(4)25-10-7-23-19-22(5-6-24(23)20-25)21-8-11-26(12-9-21)34-18-17-33-16-15-32-14-13-30/h5-12,19-20,30H,13-18H2,1-4H3. The third kappa shape index (κ3) is 8.24. The van der Waals surface area contributed by atoms with E-state index in [9.17, 15) is 4.79 Å². The minimum Gasteiger partial charge on any atom is -0.491 e. The number of anilines is 1. The number of aliphatic hydroxyl groups excluding tert-OH is 1. The van der Waals surface area contributed by atoms with E-state index < -0.39 is 5.60 Å². The first-order chi connectivity index (χ1) is 16.8. The second-order valence-electron chi connectivity index (χ2n) is 9.11. The lowest BCUT2D eigenvalue weighted by molar-refractivity contribution is 0.0247. The maximum atomic E-state index is 12.4. The Morgan fingerprint density at radius 1 is 0.800 bits per heavy atom. The smallest absolute Gasteiger partial charge is 0.414 e. The van der Waals surface area contributed by atoms with Crippen molar-refractivity contribution in [2.24, 2.45) is 0 Å². The molecule has 188 valence electrons. The fourth-order valence-electron chi connectivity index (χ4n) is 3.41. The van der Waals surface area contributed by atoms with E-state index in [0.29, 0.717) is 33.0 Å². The number of amides is 1. The summed E-state index contributed by atoms with van der Waals surface area (Å²) in [5, 5.41) is 10.8. The number of fused-ring (bicyclic) bond motifs is 1. The van der Waals surface area contributed by atoms with Gasteiger partial charge in [0.25, 0.3) is 0 Å². The molecule has 7 heteroatoms. The van der Waals surface area contributed by atoms with Crippen LogP contribution in [0.5, 0.6) is 5.75 Å². The summed E-state index contributed by atoms with van der Waals surface area (Å²) in [4.78, 5) is 13.9. The molecule has 35 heavy (non-hydrogen) atoms. The van der Waals surface area contributed by atoms with E-state index in [-0.39, 0.29) is 12.7 Å². The molecule has 0 aromatic heterocycles. The van der Waals surface area contributed by atoms with Gasteiger partial charge in [-0.3, -0.25) is 4.90 Å². The average molecular weight is 482 g/mol. The molecule has 0 heterocycles. The molecule has 1 N–H and O–H groups in total. The van der Waals surface area contributed by atoms with Crippen LogP contribution in [0.4, 0.5) is 10.5 Å². The Labute approximate surface area is 207 Å². The van der Waals surface area contributed by atoms with Crippen LogP contribution in [0.15, 0.2) is 60.7 Å². The molecule has 0 radical (unpaired) electrons. The average Bonchev–Trinajstić information content (AvgIpc) is 2.84. The third-order valence-corrected chi connectivity index (χ3v) is 5.17. The van der Waals surface area contributed by atoms with Gasteiger partial charge in [0.15, 0.2) is 0 Å². The van der Waals surface area contributed by atoms with Crippen LogP contribution in [0.1, 0.15) is 20.8 Å². The lowest BCUT2D eigenvalue weighted by Crippen LogP contribution is -2.34. The third-order valence-electron chi connectivity index (χ3n) is 5.17. The largest absolute Gasteiger partial charge is 0.491 e. The van der Waals surface area contributed by atoms with Gasteiger partial charge >= 0.3 is 6.09 Å². The van der Waals surface area contributed by atoms with E-state index in [4.69, 9.17) is 24.1 Å². The van der Waals surface area contributed by atoms with Crippen molar-refractivity contribution in [3.8, 4) is 16.9 Å². The number of rotatable bonds is 11. The highest BCUT2D eigenvalue weighted by Gasteiger charge is 2.20. The molecule has 0 fully saturated rings. The minimum absolute atomic E-state index is 0.0205. The first-order valence-corrected chi connectivity index (χ1v) is 11.8. The molecule has 0 bridgehead atoms. The zero-order valence-corrected chi connectivity index (χ0v) is 21.0. The van der Waals surface area contributed by atoms with Crippen LogP contribution in [0.25, 0.3) is 21.9 Å². The van der Waals surface area contributed by atoms with Gasteiger partial charge in [-0.15, -0.1) is 0 Å². The Balaban J connectivity index is 1.57. The number of aliphatic hydroxyl groups is 1. The monoisotopic (exact) mass is 481 g/mol. The molecule has 0 atom stereocenters. The molecule has 0 unspecified atom stereocenters. The molecule has 3 aromatic rings.